The molecular weight excluding hydrogens is 256 g/mol. The highest BCUT2D eigenvalue weighted by atomic mass is 15.2. The summed E-state index contributed by atoms with van der Waals surface area (Å²) >= 11 is 0. The van der Waals surface area contributed by atoms with Gasteiger partial charge in [-0.3, -0.25) is 0 Å². The Balaban J connectivity index is 1.93. The molecular formula is C19H38N2. The summed E-state index contributed by atoms with van der Waals surface area (Å²) in [6.07, 6.45) is 13.1. The summed E-state index contributed by atoms with van der Waals surface area (Å²) in [6.45, 7) is 12.0. The number of rotatable bonds is 8. The number of hydrogen-bond acceptors (Lipinski definition) is 2. The molecule has 2 fully saturated rings. The van der Waals surface area contributed by atoms with Gasteiger partial charge >= 0.3 is 0 Å². The lowest BCUT2D eigenvalue weighted by molar-refractivity contribution is 0.0786. The zero-order valence-electron chi connectivity index (χ0n) is 14.8. The molecule has 2 nitrogen and oxygen atoms in total. The first-order chi connectivity index (χ1) is 10.2. The van der Waals surface area contributed by atoms with Crippen LogP contribution < -0.4 is 5.32 Å². The van der Waals surface area contributed by atoms with Crippen LogP contribution >= 0.6 is 0 Å². The van der Waals surface area contributed by atoms with Gasteiger partial charge in [0.2, 0.25) is 0 Å². The predicted molar refractivity (Wildman–Crippen MR) is 92.7 cm³/mol. The fourth-order valence-corrected chi connectivity index (χ4v) is 4.52. The van der Waals surface area contributed by atoms with Gasteiger partial charge in [-0.15, -0.1) is 0 Å². The maximum absolute atomic E-state index is 3.79. The highest BCUT2D eigenvalue weighted by molar-refractivity contribution is 4.90. The first-order valence-corrected chi connectivity index (χ1v) is 9.60. The summed E-state index contributed by atoms with van der Waals surface area (Å²) in [4.78, 5) is 2.83. The van der Waals surface area contributed by atoms with E-state index in [1.165, 1.54) is 84.0 Å². The van der Waals surface area contributed by atoms with Gasteiger partial charge in [-0.2, -0.15) is 0 Å². The highest BCUT2D eigenvalue weighted by Gasteiger charge is 2.35. The molecule has 2 saturated carbocycles. The minimum Gasteiger partial charge on any atom is -0.316 e. The van der Waals surface area contributed by atoms with Gasteiger partial charge < -0.3 is 10.2 Å². The van der Waals surface area contributed by atoms with Crippen LogP contribution in [0, 0.1) is 11.3 Å². The topological polar surface area (TPSA) is 15.3 Å². The molecule has 2 heteroatoms. The Morgan fingerprint density at radius 3 is 2.29 bits per heavy atom. The summed E-state index contributed by atoms with van der Waals surface area (Å²) < 4.78 is 0. The van der Waals surface area contributed by atoms with E-state index in [-0.39, 0.29) is 0 Å². The molecule has 2 aliphatic rings. The van der Waals surface area contributed by atoms with Crippen LogP contribution in [-0.2, 0) is 0 Å². The standard InChI is InChI=1S/C19H38N2/c1-4-21(18-10-6-7-11-18)16-19(12-8-5-9-13-19)15-20-14-17(2)3/h17-18,20H,4-16H2,1-3H3. The van der Waals surface area contributed by atoms with E-state index in [1.54, 1.807) is 0 Å². The molecule has 1 N–H and O–H groups in total. The van der Waals surface area contributed by atoms with Crippen molar-refractivity contribution < 1.29 is 0 Å². The molecule has 0 radical (unpaired) electrons. The first kappa shape index (κ1) is 17.3. The smallest absolute Gasteiger partial charge is 0.00953 e. The minimum absolute atomic E-state index is 0.561. The Morgan fingerprint density at radius 2 is 1.71 bits per heavy atom. The van der Waals surface area contributed by atoms with Crippen molar-refractivity contribution in [2.75, 3.05) is 26.2 Å². The maximum atomic E-state index is 3.79. The van der Waals surface area contributed by atoms with Gasteiger partial charge in [0.25, 0.3) is 0 Å². The average Bonchev–Trinajstić information content (AvgIpc) is 2.99. The monoisotopic (exact) mass is 294 g/mol. The molecule has 21 heavy (non-hydrogen) atoms. The molecule has 0 aromatic heterocycles. The lowest BCUT2D eigenvalue weighted by atomic mass is 9.73. The van der Waals surface area contributed by atoms with Crippen molar-refractivity contribution in [1.82, 2.24) is 10.2 Å². The van der Waals surface area contributed by atoms with Crippen LogP contribution in [0.5, 0.6) is 0 Å². The molecule has 0 aliphatic heterocycles. The second kappa shape index (κ2) is 8.53. The Bertz CT molecular complexity index is 275. The Hall–Kier alpha value is -0.0800. The summed E-state index contributed by atoms with van der Waals surface area (Å²) in [5.41, 5.74) is 0.561. The zero-order chi connectivity index (χ0) is 15.1. The third-order valence-corrected chi connectivity index (χ3v) is 5.75. The summed E-state index contributed by atoms with van der Waals surface area (Å²) in [7, 11) is 0. The van der Waals surface area contributed by atoms with E-state index >= 15 is 0 Å². The van der Waals surface area contributed by atoms with Gasteiger partial charge in [-0.1, -0.05) is 52.9 Å². The van der Waals surface area contributed by atoms with Crippen molar-refractivity contribution in [2.24, 2.45) is 11.3 Å². The fourth-order valence-electron chi connectivity index (χ4n) is 4.52. The Kier molecular flexibility index (Phi) is 7.01. The second-order valence-electron chi connectivity index (χ2n) is 8.09. The quantitative estimate of drug-likeness (QED) is 0.711. The SMILES string of the molecule is CCN(CC1(CNCC(C)C)CCCCC1)C1CCCC1. The third kappa shape index (κ3) is 5.25. The summed E-state index contributed by atoms with van der Waals surface area (Å²) in [5, 5.41) is 3.79. The van der Waals surface area contributed by atoms with Crippen LogP contribution in [0.25, 0.3) is 0 Å². The van der Waals surface area contributed by atoms with E-state index in [0.717, 1.165) is 12.0 Å². The molecule has 0 amide bonds. The number of hydrogen-bond donors (Lipinski definition) is 1. The van der Waals surface area contributed by atoms with Crippen molar-refractivity contribution in [2.45, 2.75) is 84.6 Å². The molecule has 0 atom stereocenters. The lowest BCUT2D eigenvalue weighted by Gasteiger charge is -2.43. The molecule has 0 saturated heterocycles. The molecule has 0 spiro atoms. The van der Waals surface area contributed by atoms with Crippen LogP contribution in [0.1, 0.15) is 78.6 Å². The van der Waals surface area contributed by atoms with Crippen LogP contribution in [0.2, 0.25) is 0 Å². The predicted octanol–water partition coefficient (Wildman–Crippen LogP) is 4.45. The summed E-state index contributed by atoms with van der Waals surface area (Å²) in [6, 6.07) is 0.888. The molecule has 0 heterocycles. The minimum atomic E-state index is 0.561. The molecule has 0 unspecified atom stereocenters. The van der Waals surface area contributed by atoms with Gasteiger partial charge in [0.1, 0.15) is 0 Å². The number of nitrogens with one attached hydrogen (secondary N) is 1. The van der Waals surface area contributed by atoms with E-state index < -0.39 is 0 Å². The molecule has 2 rings (SSSR count). The average molecular weight is 295 g/mol. The Morgan fingerprint density at radius 1 is 1.05 bits per heavy atom. The molecule has 0 bridgehead atoms. The molecule has 2 aliphatic carbocycles. The van der Waals surface area contributed by atoms with E-state index in [0.29, 0.717) is 5.41 Å². The first-order valence-electron chi connectivity index (χ1n) is 9.60. The van der Waals surface area contributed by atoms with E-state index in [9.17, 15) is 0 Å². The molecule has 124 valence electrons. The zero-order valence-corrected chi connectivity index (χ0v) is 14.8. The normalized spacial score (nSPS) is 23.3. The van der Waals surface area contributed by atoms with E-state index in [2.05, 4.69) is 31.0 Å². The van der Waals surface area contributed by atoms with E-state index in [1.807, 2.05) is 0 Å². The number of nitrogens with zero attached hydrogens (tertiary/aromatic N) is 1. The van der Waals surface area contributed by atoms with Crippen LogP contribution in [0.4, 0.5) is 0 Å². The summed E-state index contributed by atoms with van der Waals surface area (Å²) in [5.74, 6) is 0.766. The van der Waals surface area contributed by atoms with Crippen molar-refractivity contribution in [3.8, 4) is 0 Å². The van der Waals surface area contributed by atoms with Gasteiger partial charge in [0.05, 0.1) is 0 Å². The molecule has 0 aromatic rings. The highest BCUT2D eigenvalue weighted by Crippen LogP contribution is 2.38. The fraction of sp³-hybridized carbons (Fsp3) is 1.00. The van der Waals surface area contributed by atoms with Crippen molar-refractivity contribution in [1.29, 1.82) is 0 Å². The second-order valence-corrected chi connectivity index (χ2v) is 8.09. The molecule has 0 aromatic carbocycles. The van der Waals surface area contributed by atoms with E-state index in [4.69, 9.17) is 0 Å². The van der Waals surface area contributed by atoms with Gasteiger partial charge in [-0.25, -0.2) is 0 Å². The van der Waals surface area contributed by atoms with Crippen LogP contribution in [-0.4, -0.2) is 37.1 Å². The van der Waals surface area contributed by atoms with Crippen LogP contribution in [0.15, 0.2) is 0 Å². The Labute approximate surface area is 133 Å². The van der Waals surface area contributed by atoms with Crippen LogP contribution in [0.3, 0.4) is 0 Å². The van der Waals surface area contributed by atoms with Crippen molar-refractivity contribution in [3.63, 3.8) is 0 Å². The lowest BCUT2D eigenvalue weighted by Crippen LogP contribution is -2.48. The maximum Gasteiger partial charge on any atom is 0.00953 e. The van der Waals surface area contributed by atoms with Gasteiger partial charge in [0, 0.05) is 19.1 Å². The van der Waals surface area contributed by atoms with Crippen molar-refractivity contribution >= 4 is 0 Å². The largest absolute Gasteiger partial charge is 0.316 e. The third-order valence-electron chi connectivity index (χ3n) is 5.75. The van der Waals surface area contributed by atoms with Gasteiger partial charge in [0.15, 0.2) is 0 Å². The van der Waals surface area contributed by atoms with Crippen molar-refractivity contribution in [3.05, 3.63) is 0 Å². The van der Waals surface area contributed by atoms with Gasteiger partial charge in [-0.05, 0) is 50.1 Å².